The van der Waals surface area contributed by atoms with Gasteiger partial charge in [0.05, 0.1) is 5.75 Å². The fraction of sp³-hybridized carbons (Fsp3) is 0.200. The minimum absolute atomic E-state index is 0.00290. The summed E-state index contributed by atoms with van der Waals surface area (Å²) in [6.07, 6.45) is 0. The summed E-state index contributed by atoms with van der Waals surface area (Å²) in [6.45, 7) is 0.280. The molecule has 0 aromatic heterocycles. The average Bonchev–Trinajstić information content (AvgIpc) is 2.42. The Morgan fingerprint density at radius 2 is 1.60 bits per heavy atom. The van der Waals surface area contributed by atoms with Crippen molar-refractivity contribution in [2.75, 3.05) is 12.8 Å². The molecule has 2 N–H and O–H groups in total. The van der Waals surface area contributed by atoms with E-state index in [2.05, 4.69) is 0 Å². The molecule has 0 aliphatic carbocycles. The van der Waals surface area contributed by atoms with Crippen LogP contribution in [0.2, 0.25) is 0 Å². The maximum absolute atomic E-state index is 12.3. The number of nitrogen functional groups attached to an aromatic ring is 1. The zero-order chi connectivity index (χ0) is 14.6. The highest BCUT2D eigenvalue weighted by Gasteiger charge is 2.19. The zero-order valence-corrected chi connectivity index (χ0v) is 12.2. The third-order valence-corrected chi connectivity index (χ3v) is 4.89. The lowest BCUT2D eigenvalue weighted by Crippen LogP contribution is -2.28. The predicted octanol–water partition coefficient (Wildman–Crippen LogP) is 2.23. The highest BCUT2D eigenvalue weighted by Crippen LogP contribution is 2.16. The van der Waals surface area contributed by atoms with Crippen LogP contribution in [-0.4, -0.2) is 19.8 Å². The van der Waals surface area contributed by atoms with Gasteiger partial charge in [-0.05, 0) is 17.2 Å². The average molecular weight is 290 g/mol. The summed E-state index contributed by atoms with van der Waals surface area (Å²) >= 11 is 0. The molecule has 0 unspecified atom stereocenters. The van der Waals surface area contributed by atoms with Gasteiger partial charge in [0, 0.05) is 19.3 Å². The molecule has 0 saturated heterocycles. The van der Waals surface area contributed by atoms with Gasteiger partial charge in [0.25, 0.3) is 0 Å². The maximum atomic E-state index is 12.3. The van der Waals surface area contributed by atoms with Gasteiger partial charge in [-0.25, -0.2) is 12.7 Å². The van der Waals surface area contributed by atoms with Gasteiger partial charge in [-0.2, -0.15) is 0 Å². The van der Waals surface area contributed by atoms with Crippen LogP contribution in [0.15, 0.2) is 54.6 Å². The number of hydrogen-bond acceptors (Lipinski definition) is 3. The van der Waals surface area contributed by atoms with Crippen molar-refractivity contribution in [3.05, 3.63) is 65.7 Å². The van der Waals surface area contributed by atoms with Crippen LogP contribution in [0, 0.1) is 0 Å². The Bertz CT molecular complexity index is 669. The summed E-state index contributed by atoms with van der Waals surface area (Å²) in [5, 5.41) is 0. The second kappa shape index (κ2) is 6.07. The molecule has 2 aromatic carbocycles. The minimum Gasteiger partial charge on any atom is -0.398 e. The predicted molar refractivity (Wildman–Crippen MR) is 81.4 cm³/mol. The van der Waals surface area contributed by atoms with E-state index in [9.17, 15) is 8.42 Å². The smallest absolute Gasteiger partial charge is 0.218 e. The first kappa shape index (κ1) is 14.6. The number of benzene rings is 2. The quantitative estimate of drug-likeness (QED) is 0.859. The first-order chi connectivity index (χ1) is 9.49. The zero-order valence-electron chi connectivity index (χ0n) is 11.4. The van der Waals surface area contributed by atoms with Crippen LogP contribution < -0.4 is 5.73 Å². The number of nitrogens with zero attached hydrogens (tertiary/aromatic N) is 1. The Morgan fingerprint density at radius 3 is 2.25 bits per heavy atom. The van der Waals surface area contributed by atoms with Crippen LogP contribution >= 0.6 is 0 Å². The van der Waals surface area contributed by atoms with Crippen LogP contribution in [-0.2, 0) is 22.3 Å². The molecule has 0 amide bonds. The van der Waals surface area contributed by atoms with Crippen molar-refractivity contribution in [2.24, 2.45) is 0 Å². The Balaban J connectivity index is 2.12. The van der Waals surface area contributed by atoms with Crippen molar-refractivity contribution in [1.29, 1.82) is 0 Å². The van der Waals surface area contributed by atoms with Gasteiger partial charge in [-0.3, -0.25) is 0 Å². The molecule has 5 heteroatoms. The van der Waals surface area contributed by atoms with E-state index in [0.29, 0.717) is 5.69 Å². The normalized spacial score (nSPS) is 11.7. The molecule has 0 aliphatic heterocycles. The molecular weight excluding hydrogens is 272 g/mol. The molecule has 2 rings (SSSR count). The number of hydrogen-bond donors (Lipinski definition) is 1. The van der Waals surface area contributed by atoms with Crippen LogP contribution in [0.1, 0.15) is 11.1 Å². The molecule has 0 heterocycles. The lowest BCUT2D eigenvalue weighted by atomic mass is 10.2. The topological polar surface area (TPSA) is 63.4 Å². The van der Waals surface area contributed by atoms with E-state index in [4.69, 9.17) is 5.73 Å². The second-order valence-corrected chi connectivity index (χ2v) is 6.77. The maximum Gasteiger partial charge on any atom is 0.218 e. The second-order valence-electron chi connectivity index (χ2n) is 4.70. The molecule has 0 aliphatic rings. The van der Waals surface area contributed by atoms with E-state index in [1.165, 1.54) is 4.31 Å². The number of rotatable bonds is 5. The minimum atomic E-state index is -3.35. The fourth-order valence-corrected chi connectivity index (χ4v) is 3.08. The Hall–Kier alpha value is -1.85. The standard InChI is InChI=1S/C15H18N2O2S/c1-17(11-14-9-5-6-10-15(14)16)20(18,19)12-13-7-3-2-4-8-13/h2-10H,11-12,16H2,1H3. The van der Waals surface area contributed by atoms with Crippen LogP contribution in [0.5, 0.6) is 0 Å². The number of sulfonamides is 1. The van der Waals surface area contributed by atoms with Gasteiger partial charge >= 0.3 is 0 Å². The number of para-hydroxylation sites is 1. The van der Waals surface area contributed by atoms with E-state index in [1.807, 2.05) is 48.5 Å². The van der Waals surface area contributed by atoms with Crippen LogP contribution in [0.25, 0.3) is 0 Å². The summed E-state index contributed by atoms with van der Waals surface area (Å²) in [5.41, 5.74) is 8.04. The van der Waals surface area contributed by atoms with Crippen molar-refractivity contribution in [3.8, 4) is 0 Å². The monoisotopic (exact) mass is 290 g/mol. The fourth-order valence-electron chi connectivity index (χ4n) is 1.91. The number of nitrogens with two attached hydrogens (primary N) is 1. The van der Waals surface area contributed by atoms with Gasteiger partial charge < -0.3 is 5.73 Å². The molecule has 4 nitrogen and oxygen atoms in total. The van der Waals surface area contributed by atoms with Crippen LogP contribution in [0.3, 0.4) is 0 Å². The highest BCUT2D eigenvalue weighted by atomic mass is 32.2. The van der Waals surface area contributed by atoms with Crippen molar-refractivity contribution < 1.29 is 8.42 Å². The summed E-state index contributed by atoms with van der Waals surface area (Å²) < 4.78 is 25.9. The summed E-state index contributed by atoms with van der Waals surface area (Å²) in [7, 11) is -1.78. The Labute approximate surface area is 119 Å². The number of anilines is 1. The van der Waals surface area contributed by atoms with Crippen molar-refractivity contribution in [1.82, 2.24) is 4.31 Å². The molecule has 0 saturated carbocycles. The highest BCUT2D eigenvalue weighted by molar-refractivity contribution is 7.88. The summed E-state index contributed by atoms with van der Waals surface area (Å²) in [4.78, 5) is 0. The van der Waals surface area contributed by atoms with Crippen LogP contribution in [0.4, 0.5) is 5.69 Å². The van der Waals surface area contributed by atoms with E-state index in [1.54, 1.807) is 13.1 Å². The van der Waals surface area contributed by atoms with Crippen molar-refractivity contribution in [3.63, 3.8) is 0 Å². The molecule has 2 aromatic rings. The molecular formula is C15H18N2O2S. The molecule has 106 valence electrons. The van der Waals surface area contributed by atoms with E-state index < -0.39 is 10.0 Å². The van der Waals surface area contributed by atoms with E-state index in [-0.39, 0.29) is 12.3 Å². The van der Waals surface area contributed by atoms with E-state index in [0.717, 1.165) is 11.1 Å². The van der Waals surface area contributed by atoms with Gasteiger partial charge in [0.1, 0.15) is 0 Å². The molecule has 0 fully saturated rings. The molecule has 0 radical (unpaired) electrons. The lowest BCUT2D eigenvalue weighted by molar-refractivity contribution is 0.466. The summed E-state index contributed by atoms with van der Waals surface area (Å²) in [5.74, 6) is -0.00290. The Morgan fingerprint density at radius 1 is 1.00 bits per heavy atom. The molecule has 20 heavy (non-hydrogen) atoms. The molecule has 0 atom stereocenters. The van der Waals surface area contributed by atoms with Gasteiger partial charge in [0.15, 0.2) is 0 Å². The first-order valence-electron chi connectivity index (χ1n) is 6.30. The van der Waals surface area contributed by atoms with E-state index >= 15 is 0 Å². The van der Waals surface area contributed by atoms with Crippen molar-refractivity contribution >= 4 is 15.7 Å². The third-order valence-electron chi connectivity index (χ3n) is 3.11. The van der Waals surface area contributed by atoms with Gasteiger partial charge in [-0.1, -0.05) is 48.5 Å². The third kappa shape index (κ3) is 3.59. The first-order valence-corrected chi connectivity index (χ1v) is 7.91. The Kier molecular flexibility index (Phi) is 4.42. The van der Waals surface area contributed by atoms with Gasteiger partial charge in [-0.15, -0.1) is 0 Å². The van der Waals surface area contributed by atoms with Gasteiger partial charge in [0.2, 0.25) is 10.0 Å². The molecule has 0 bridgehead atoms. The SMILES string of the molecule is CN(Cc1ccccc1N)S(=O)(=O)Cc1ccccc1. The summed E-state index contributed by atoms with van der Waals surface area (Å²) in [6, 6.07) is 16.4. The molecule has 0 spiro atoms. The largest absolute Gasteiger partial charge is 0.398 e. The van der Waals surface area contributed by atoms with Crippen molar-refractivity contribution in [2.45, 2.75) is 12.3 Å². The lowest BCUT2D eigenvalue weighted by Gasteiger charge is -2.18.